The van der Waals surface area contributed by atoms with Crippen LogP contribution in [0.25, 0.3) is 0 Å². The smallest absolute Gasteiger partial charge is 0.319 e. The number of rotatable bonds is 9. The summed E-state index contributed by atoms with van der Waals surface area (Å²) >= 11 is 0. The number of likely N-dealkylation sites (N-methyl/N-ethyl adjacent to an activating group) is 1. The maximum atomic E-state index is 12.5. The van der Waals surface area contributed by atoms with Crippen molar-refractivity contribution in [1.82, 2.24) is 24.5 Å². The Morgan fingerprint density at radius 2 is 1.76 bits per heavy atom. The molecule has 12 heteroatoms. The zero-order chi connectivity index (χ0) is 24.6. The fourth-order valence-electron chi connectivity index (χ4n) is 3.40. The van der Waals surface area contributed by atoms with E-state index in [9.17, 15) is 18.0 Å². The molecule has 1 aromatic carbocycles. The number of hydrogen-bond donors (Lipinski definition) is 2. The summed E-state index contributed by atoms with van der Waals surface area (Å²) in [7, 11) is -2.15. The highest BCUT2D eigenvalue weighted by Crippen LogP contribution is 2.17. The third kappa shape index (κ3) is 6.51. The zero-order valence-corrected chi connectivity index (χ0v) is 19.9. The highest BCUT2D eigenvalue weighted by molar-refractivity contribution is 7.89. The van der Waals surface area contributed by atoms with E-state index in [1.165, 1.54) is 41.7 Å². The van der Waals surface area contributed by atoms with Crippen LogP contribution in [-0.4, -0.2) is 85.8 Å². The van der Waals surface area contributed by atoms with Crippen LogP contribution in [0.15, 0.2) is 60.3 Å². The molecule has 182 valence electrons. The Labute approximate surface area is 199 Å². The number of nitrogens with one attached hydrogen (secondary N) is 2. The molecule has 0 radical (unpaired) electrons. The molecule has 0 aliphatic carbocycles. The first-order valence-corrected chi connectivity index (χ1v) is 12.3. The highest BCUT2D eigenvalue weighted by atomic mass is 32.2. The molecule has 0 atom stereocenters. The molecular formula is C22H29N7O4S. The lowest BCUT2D eigenvalue weighted by Gasteiger charge is -2.34. The van der Waals surface area contributed by atoms with Crippen molar-refractivity contribution in [3.05, 3.63) is 55.4 Å². The summed E-state index contributed by atoms with van der Waals surface area (Å²) in [5.41, 5.74) is 0.438. The second-order valence-electron chi connectivity index (χ2n) is 7.65. The Bertz CT molecular complexity index is 1090. The average molecular weight is 488 g/mol. The Morgan fingerprint density at radius 3 is 2.38 bits per heavy atom. The molecule has 0 bridgehead atoms. The van der Waals surface area contributed by atoms with Crippen molar-refractivity contribution < 1.29 is 18.0 Å². The van der Waals surface area contributed by atoms with Crippen LogP contribution < -0.4 is 15.5 Å². The zero-order valence-electron chi connectivity index (χ0n) is 19.1. The van der Waals surface area contributed by atoms with Gasteiger partial charge in [-0.2, -0.15) is 4.31 Å². The number of nitrogens with zero attached hydrogens (tertiary/aromatic N) is 5. The third-order valence-corrected chi connectivity index (χ3v) is 7.14. The van der Waals surface area contributed by atoms with Gasteiger partial charge in [-0.05, 0) is 30.3 Å². The summed E-state index contributed by atoms with van der Waals surface area (Å²) in [5.74, 6) is 0.620. The van der Waals surface area contributed by atoms with Crippen LogP contribution in [0, 0.1) is 0 Å². The molecule has 1 saturated heterocycles. The van der Waals surface area contributed by atoms with Crippen molar-refractivity contribution in [1.29, 1.82) is 0 Å². The fourth-order valence-corrected chi connectivity index (χ4v) is 4.54. The Balaban J connectivity index is 1.40. The number of benzene rings is 1. The minimum absolute atomic E-state index is 0.0351. The lowest BCUT2D eigenvalue weighted by Crippen LogP contribution is -2.49. The van der Waals surface area contributed by atoms with Crippen LogP contribution in [-0.2, 0) is 14.8 Å². The van der Waals surface area contributed by atoms with Crippen molar-refractivity contribution >= 4 is 33.6 Å². The SMILES string of the molecule is C=CCN(C)S(=O)(=O)c1ccc(NC(=O)NCCC(=O)N2CCN(c3ncccn3)CC2)cc1. The minimum atomic E-state index is -3.62. The molecule has 0 unspecified atom stereocenters. The third-order valence-electron chi connectivity index (χ3n) is 5.30. The molecule has 3 rings (SSSR count). The van der Waals surface area contributed by atoms with Gasteiger partial charge in [-0.3, -0.25) is 4.79 Å². The van der Waals surface area contributed by atoms with Gasteiger partial charge in [-0.1, -0.05) is 6.08 Å². The highest BCUT2D eigenvalue weighted by Gasteiger charge is 2.22. The first-order chi connectivity index (χ1) is 16.3. The number of carbonyl (C=O) groups excluding carboxylic acids is 2. The van der Waals surface area contributed by atoms with Crippen molar-refractivity contribution in [2.45, 2.75) is 11.3 Å². The van der Waals surface area contributed by atoms with E-state index in [0.29, 0.717) is 37.8 Å². The average Bonchev–Trinajstić information content (AvgIpc) is 2.85. The predicted molar refractivity (Wildman–Crippen MR) is 129 cm³/mol. The number of sulfonamides is 1. The van der Waals surface area contributed by atoms with Gasteiger partial charge in [0.05, 0.1) is 4.90 Å². The van der Waals surface area contributed by atoms with Gasteiger partial charge in [0.25, 0.3) is 0 Å². The number of aromatic nitrogens is 2. The molecule has 2 heterocycles. The number of piperazine rings is 1. The topological polar surface area (TPSA) is 128 Å². The normalized spacial score (nSPS) is 14.1. The monoisotopic (exact) mass is 487 g/mol. The lowest BCUT2D eigenvalue weighted by molar-refractivity contribution is -0.131. The van der Waals surface area contributed by atoms with Gasteiger partial charge >= 0.3 is 6.03 Å². The van der Waals surface area contributed by atoms with E-state index in [-0.39, 0.29) is 30.3 Å². The van der Waals surface area contributed by atoms with Crippen LogP contribution in [0.4, 0.5) is 16.4 Å². The molecule has 3 amide bonds. The molecule has 2 aromatic rings. The first-order valence-electron chi connectivity index (χ1n) is 10.8. The Kier molecular flexibility index (Phi) is 8.55. The molecule has 1 aromatic heterocycles. The van der Waals surface area contributed by atoms with Crippen LogP contribution in [0.3, 0.4) is 0 Å². The summed E-state index contributed by atoms with van der Waals surface area (Å²) < 4.78 is 26.0. The van der Waals surface area contributed by atoms with Crippen LogP contribution >= 0.6 is 0 Å². The summed E-state index contributed by atoms with van der Waals surface area (Å²) in [5, 5.41) is 5.28. The number of carbonyl (C=O) groups is 2. The summed E-state index contributed by atoms with van der Waals surface area (Å²) in [6.45, 7) is 6.36. The number of urea groups is 1. The molecule has 1 fully saturated rings. The van der Waals surface area contributed by atoms with Crippen molar-refractivity contribution in [3.63, 3.8) is 0 Å². The molecule has 1 aliphatic heterocycles. The van der Waals surface area contributed by atoms with E-state index in [1.807, 2.05) is 4.90 Å². The minimum Gasteiger partial charge on any atom is -0.339 e. The number of hydrogen-bond acceptors (Lipinski definition) is 7. The van der Waals surface area contributed by atoms with Crippen molar-refractivity contribution in [2.24, 2.45) is 0 Å². The second-order valence-corrected chi connectivity index (χ2v) is 9.69. The predicted octanol–water partition coefficient (Wildman–Crippen LogP) is 1.14. The van der Waals surface area contributed by atoms with Crippen LogP contribution in [0.1, 0.15) is 6.42 Å². The van der Waals surface area contributed by atoms with Gasteiger partial charge in [0.2, 0.25) is 21.9 Å². The standard InChI is InChI=1S/C22H29N7O4S/c1-3-13-27(2)34(32,33)19-7-5-18(6-8-19)26-22(31)25-12-9-20(30)28-14-16-29(17-15-28)21-23-10-4-11-24-21/h3-8,10-11H,1,9,12-17H2,2H3,(H2,25,26,31). The van der Waals surface area contributed by atoms with Crippen molar-refractivity contribution in [2.75, 3.05) is 56.5 Å². The molecule has 2 N–H and O–H groups in total. The van der Waals surface area contributed by atoms with E-state index in [4.69, 9.17) is 0 Å². The van der Waals surface area contributed by atoms with Gasteiger partial charge in [0.1, 0.15) is 0 Å². The number of anilines is 2. The van der Waals surface area contributed by atoms with Crippen molar-refractivity contribution in [3.8, 4) is 0 Å². The second kappa shape index (κ2) is 11.6. The van der Waals surface area contributed by atoms with Gasteiger partial charge < -0.3 is 20.4 Å². The maximum absolute atomic E-state index is 12.5. The molecular weight excluding hydrogens is 458 g/mol. The largest absolute Gasteiger partial charge is 0.339 e. The van der Waals surface area contributed by atoms with E-state index in [2.05, 4.69) is 27.2 Å². The van der Waals surface area contributed by atoms with Crippen LogP contribution in [0.2, 0.25) is 0 Å². The Hall–Kier alpha value is -3.51. The quantitative estimate of drug-likeness (QED) is 0.508. The Morgan fingerprint density at radius 1 is 1.12 bits per heavy atom. The number of amides is 3. The summed E-state index contributed by atoms with van der Waals surface area (Å²) in [6, 6.07) is 7.15. The lowest BCUT2D eigenvalue weighted by atomic mass is 10.3. The van der Waals surface area contributed by atoms with Gasteiger partial charge in [0.15, 0.2) is 0 Å². The van der Waals surface area contributed by atoms with Gasteiger partial charge in [0, 0.05) is 70.8 Å². The summed E-state index contributed by atoms with van der Waals surface area (Å²) in [6.07, 6.45) is 5.07. The van der Waals surface area contributed by atoms with Gasteiger partial charge in [-0.15, -0.1) is 6.58 Å². The molecule has 1 aliphatic rings. The molecule has 0 saturated carbocycles. The fraction of sp³-hybridized carbons (Fsp3) is 0.364. The molecule has 11 nitrogen and oxygen atoms in total. The maximum Gasteiger partial charge on any atom is 0.319 e. The molecule has 34 heavy (non-hydrogen) atoms. The van der Waals surface area contributed by atoms with E-state index < -0.39 is 16.1 Å². The van der Waals surface area contributed by atoms with E-state index in [0.717, 1.165) is 0 Å². The first kappa shape index (κ1) is 25.1. The summed E-state index contributed by atoms with van der Waals surface area (Å²) in [4.78, 5) is 37.0. The van der Waals surface area contributed by atoms with Crippen LogP contribution in [0.5, 0.6) is 0 Å². The molecule has 0 spiro atoms. The van der Waals surface area contributed by atoms with E-state index in [1.54, 1.807) is 23.4 Å². The van der Waals surface area contributed by atoms with Gasteiger partial charge in [-0.25, -0.2) is 23.2 Å². The van der Waals surface area contributed by atoms with E-state index >= 15 is 0 Å².